The van der Waals surface area contributed by atoms with Crippen LogP contribution in [0.1, 0.15) is 5.56 Å². The van der Waals surface area contributed by atoms with Gasteiger partial charge in [-0.15, -0.1) is 0 Å². The Balaban J connectivity index is 3.41. The molecule has 11 heteroatoms. The van der Waals surface area contributed by atoms with E-state index in [2.05, 4.69) is 0 Å². The standard InChI is InChI=1S/C12H14F6O4Si/c1-20-23(21-2,22-3)9-6-4-8(5-7-9)10(19,11(13,14)15)12(16,17)18/h4-7,19H,1-3H3. The minimum Gasteiger partial charge on any atom is -0.373 e. The summed E-state index contributed by atoms with van der Waals surface area (Å²) in [6.45, 7) is 0. The van der Waals surface area contributed by atoms with Crippen LogP contribution in [0.5, 0.6) is 0 Å². The predicted molar refractivity (Wildman–Crippen MR) is 68.9 cm³/mol. The van der Waals surface area contributed by atoms with Gasteiger partial charge in [-0.2, -0.15) is 26.3 Å². The van der Waals surface area contributed by atoms with Gasteiger partial charge in [-0.25, -0.2) is 0 Å². The van der Waals surface area contributed by atoms with Crippen LogP contribution in [0.2, 0.25) is 0 Å². The van der Waals surface area contributed by atoms with Gasteiger partial charge in [-0.1, -0.05) is 24.3 Å². The Morgan fingerprint density at radius 2 is 1.13 bits per heavy atom. The summed E-state index contributed by atoms with van der Waals surface area (Å²) < 4.78 is 91.9. The summed E-state index contributed by atoms with van der Waals surface area (Å²) in [5.74, 6) is 0. The minimum absolute atomic E-state index is 0.139. The fraction of sp³-hybridized carbons (Fsp3) is 0.500. The van der Waals surface area contributed by atoms with Crippen molar-refractivity contribution in [2.75, 3.05) is 21.3 Å². The normalized spacial score (nSPS) is 14.2. The number of benzene rings is 1. The van der Waals surface area contributed by atoms with Crippen LogP contribution < -0.4 is 5.19 Å². The zero-order chi connectivity index (χ0) is 18.1. The summed E-state index contributed by atoms with van der Waals surface area (Å²) in [6.07, 6.45) is -11.9. The van der Waals surface area contributed by atoms with Gasteiger partial charge < -0.3 is 18.4 Å². The number of halogens is 6. The molecular weight excluding hydrogens is 350 g/mol. The van der Waals surface area contributed by atoms with E-state index >= 15 is 0 Å². The summed E-state index contributed by atoms with van der Waals surface area (Å²) >= 11 is 0. The van der Waals surface area contributed by atoms with Gasteiger partial charge in [0.1, 0.15) is 0 Å². The molecule has 1 rings (SSSR count). The smallest absolute Gasteiger partial charge is 0.373 e. The molecule has 0 spiro atoms. The zero-order valence-electron chi connectivity index (χ0n) is 12.2. The Labute approximate surface area is 129 Å². The molecule has 0 unspecified atom stereocenters. The van der Waals surface area contributed by atoms with Gasteiger partial charge in [0.25, 0.3) is 5.60 Å². The number of hydrogen-bond acceptors (Lipinski definition) is 4. The van der Waals surface area contributed by atoms with Crippen LogP contribution in [0.15, 0.2) is 24.3 Å². The van der Waals surface area contributed by atoms with E-state index in [1.54, 1.807) is 0 Å². The molecule has 0 aromatic heterocycles. The van der Waals surface area contributed by atoms with Gasteiger partial charge in [-0.05, 0) is 0 Å². The summed E-state index contributed by atoms with van der Waals surface area (Å²) in [7, 11) is 0.282. The summed E-state index contributed by atoms with van der Waals surface area (Å²) in [5.41, 5.74) is -6.34. The second-order valence-electron chi connectivity index (χ2n) is 4.45. The first kappa shape index (κ1) is 19.9. The van der Waals surface area contributed by atoms with Crippen molar-refractivity contribution in [2.45, 2.75) is 18.0 Å². The Kier molecular flexibility index (Phi) is 5.53. The molecule has 1 N–H and O–H groups in total. The van der Waals surface area contributed by atoms with E-state index in [0.29, 0.717) is 12.1 Å². The Morgan fingerprint density at radius 3 is 1.39 bits per heavy atom. The maximum Gasteiger partial charge on any atom is 0.536 e. The lowest BCUT2D eigenvalue weighted by Crippen LogP contribution is -2.56. The highest BCUT2D eigenvalue weighted by Crippen LogP contribution is 2.49. The molecule has 0 aliphatic heterocycles. The maximum atomic E-state index is 12.8. The molecule has 1 aromatic carbocycles. The van der Waals surface area contributed by atoms with Gasteiger partial charge in [0.15, 0.2) is 0 Å². The highest BCUT2D eigenvalue weighted by molar-refractivity contribution is 6.75. The van der Waals surface area contributed by atoms with Crippen molar-refractivity contribution in [3.05, 3.63) is 29.8 Å². The molecule has 23 heavy (non-hydrogen) atoms. The van der Waals surface area contributed by atoms with E-state index in [4.69, 9.17) is 13.3 Å². The number of aliphatic hydroxyl groups is 1. The molecule has 1 aromatic rings. The fourth-order valence-electron chi connectivity index (χ4n) is 2.01. The van der Waals surface area contributed by atoms with Crippen molar-refractivity contribution in [3.63, 3.8) is 0 Å². The maximum absolute atomic E-state index is 12.8. The molecule has 0 atom stereocenters. The zero-order valence-corrected chi connectivity index (χ0v) is 13.2. The first-order valence-electron chi connectivity index (χ1n) is 6.02. The average Bonchev–Trinajstić information content (AvgIpc) is 2.47. The van der Waals surface area contributed by atoms with Crippen molar-refractivity contribution in [1.82, 2.24) is 0 Å². The lowest BCUT2D eigenvalue weighted by molar-refractivity contribution is -0.376. The van der Waals surface area contributed by atoms with Crippen LogP contribution in [0, 0.1) is 0 Å². The molecular formula is C12H14F6O4Si. The van der Waals surface area contributed by atoms with E-state index in [1.807, 2.05) is 0 Å². The van der Waals surface area contributed by atoms with E-state index < -0.39 is 32.3 Å². The van der Waals surface area contributed by atoms with E-state index in [-0.39, 0.29) is 5.19 Å². The van der Waals surface area contributed by atoms with E-state index in [9.17, 15) is 31.4 Å². The molecule has 0 bridgehead atoms. The van der Waals surface area contributed by atoms with Crippen molar-refractivity contribution in [2.24, 2.45) is 0 Å². The first-order chi connectivity index (χ1) is 10.4. The van der Waals surface area contributed by atoms with E-state index in [0.717, 1.165) is 12.1 Å². The van der Waals surface area contributed by atoms with Gasteiger partial charge >= 0.3 is 21.2 Å². The molecule has 0 amide bonds. The quantitative estimate of drug-likeness (QED) is 0.642. The second-order valence-corrected chi connectivity index (χ2v) is 7.37. The SMILES string of the molecule is CO[Si](OC)(OC)c1ccc(C(O)(C(F)(F)F)C(F)(F)F)cc1. The molecule has 0 heterocycles. The minimum atomic E-state index is -5.94. The largest absolute Gasteiger partial charge is 0.536 e. The van der Waals surface area contributed by atoms with Crippen LogP contribution in [-0.2, 0) is 18.9 Å². The van der Waals surface area contributed by atoms with Crippen molar-refractivity contribution < 1.29 is 44.7 Å². The highest BCUT2D eigenvalue weighted by Gasteiger charge is 2.71. The summed E-state index contributed by atoms with van der Waals surface area (Å²) in [6, 6.07) is 2.88. The predicted octanol–water partition coefficient (Wildman–Crippen LogP) is 2.08. The fourth-order valence-corrected chi connectivity index (χ4v) is 3.79. The van der Waals surface area contributed by atoms with Crippen LogP contribution >= 0.6 is 0 Å². The lowest BCUT2D eigenvalue weighted by Gasteiger charge is -2.33. The number of hydrogen-bond donors (Lipinski definition) is 1. The Hall–Kier alpha value is -1.14. The average molecular weight is 364 g/mol. The molecule has 0 fully saturated rings. The molecule has 0 saturated heterocycles. The topological polar surface area (TPSA) is 47.9 Å². The van der Waals surface area contributed by atoms with Crippen LogP contribution in [0.25, 0.3) is 0 Å². The van der Waals surface area contributed by atoms with Crippen molar-refractivity contribution >= 4 is 14.0 Å². The third-order valence-corrected chi connectivity index (χ3v) is 5.94. The summed E-state index contributed by atoms with van der Waals surface area (Å²) in [4.78, 5) is 0. The van der Waals surface area contributed by atoms with Gasteiger partial charge in [-0.3, -0.25) is 0 Å². The van der Waals surface area contributed by atoms with Gasteiger partial charge in [0.2, 0.25) is 0 Å². The summed E-state index contributed by atoms with van der Waals surface area (Å²) in [5, 5.41) is 9.43. The molecule has 132 valence electrons. The van der Waals surface area contributed by atoms with E-state index in [1.165, 1.54) is 21.3 Å². The number of rotatable bonds is 5. The van der Waals surface area contributed by atoms with Gasteiger partial charge in [0, 0.05) is 32.1 Å². The van der Waals surface area contributed by atoms with Crippen molar-refractivity contribution in [3.8, 4) is 0 Å². The monoisotopic (exact) mass is 364 g/mol. The number of alkyl halides is 6. The van der Waals surface area contributed by atoms with Crippen LogP contribution in [0.4, 0.5) is 26.3 Å². The Bertz CT molecular complexity index is 502. The first-order valence-corrected chi connectivity index (χ1v) is 7.74. The Morgan fingerprint density at radius 1 is 0.783 bits per heavy atom. The molecule has 0 saturated carbocycles. The molecule has 0 aliphatic carbocycles. The molecule has 4 nitrogen and oxygen atoms in total. The molecule has 0 aliphatic rings. The van der Waals surface area contributed by atoms with Gasteiger partial charge in [0.05, 0.1) is 0 Å². The van der Waals surface area contributed by atoms with Crippen LogP contribution in [0.3, 0.4) is 0 Å². The second kappa shape index (κ2) is 6.40. The third kappa shape index (κ3) is 3.24. The lowest BCUT2D eigenvalue weighted by atomic mass is 9.92. The van der Waals surface area contributed by atoms with Crippen molar-refractivity contribution in [1.29, 1.82) is 0 Å². The molecule has 0 radical (unpaired) electrons. The highest BCUT2D eigenvalue weighted by atomic mass is 28.4. The van der Waals surface area contributed by atoms with Crippen LogP contribution in [-0.4, -0.2) is 47.6 Å². The third-order valence-electron chi connectivity index (χ3n) is 3.28.